The van der Waals surface area contributed by atoms with Crippen LogP contribution in [-0.4, -0.2) is 50.4 Å². The first-order chi connectivity index (χ1) is 13.5. The van der Waals surface area contributed by atoms with E-state index in [1.807, 2.05) is 52.7 Å². The number of carboxylic acid groups (broad SMARTS) is 1. The Morgan fingerprint density at radius 1 is 1.23 bits per heavy atom. The lowest BCUT2D eigenvalue weighted by Crippen LogP contribution is -3.00. The Labute approximate surface area is 187 Å². The number of aliphatic carboxylic acids is 1. The van der Waals surface area contributed by atoms with Gasteiger partial charge in [0.15, 0.2) is 18.9 Å². The van der Waals surface area contributed by atoms with Crippen molar-refractivity contribution in [3.05, 3.63) is 64.3 Å². The van der Waals surface area contributed by atoms with Crippen molar-refractivity contribution in [2.75, 3.05) is 5.75 Å². The van der Waals surface area contributed by atoms with Crippen LogP contribution >= 0.6 is 23.1 Å². The second kappa shape index (κ2) is 10.1. The summed E-state index contributed by atoms with van der Waals surface area (Å²) in [6.07, 6.45) is 3.93. The van der Waals surface area contributed by atoms with E-state index in [2.05, 4.69) is 5.32 Å². The molecule has 2 aliphatic rings. The number of fused-ring (bicyclic) bond motifs is 1. The van der Waals surface area contributed by atoms with Crippen molar-refractivity contribution >= 4 is 40.9 Å². The van der Waals surface area contributed by atoms with E-state index in [1.165, 1.54) is 28.0 Å². The number of pyridine rings is 1. The van der Waals surface area contributed by atoms with Gasteiger partial charge in [0, 0.05) is 28.3 Å². The topological polar surface area (TPSA) is 122 Å². The molecule has 2 amide bonds. The van der Waals surface area contributed by atoms with Crippen molar-refractivity contribution in [1.29, 1.82) is 0 Å². The normalized spacial score (nSPS) is 19.7. The Balaban J connectivity index is 0.00000160. The van der Waals surface area contributed by atoms with Gasteiger partial charge in [0.05, 0.1) is 6.42 Å². The van der Waals surface area contributed by atoms with Gasteiger partial charge in [-0.15, -0.1) is 23.1 Å². The second-order valence-corrected chi connectivity index (χ2v) is 8.65. The summed E-state index contributed by atoms with van der Waals surface area (Å²) < 4.78 is 1.88. The Kier molecular flexibility index (Phi) is 8.02. The summed E-state index contributed by atoms with van der Waals surface area (Å²) in [7, 11) is 0. The second-order valence-electron chi connectivity index (χ2n) is 6.52. The number of thioether (sulfide) groups is 1. The molecule has 160 valence electrons. The summed E-state index contributed by atoms with van der Waals surface area (Å²) in [5, 5.41) is 14.0. The molecular weight excluding hydrogens is 450 g/mol. The van der Waals surface area contributed by atoms with Crippen LogP contribution in [0.15, 0.2) is 59.4 Å². The summed E-state index contributed by atoms with van der Waals surface area (Å²) in [5.74, 6) is -1.22. The molecule has 2 aromatic heterocycles. The van der Waals surface area contributed by atoms with E-state index in [0.29, 0.717) is 17.9 Å². The van der Waals surface area contributed by atoms with Gasteiger partial charge in [-0.25, -0.2) is 9.36 Å². The monoisotopic (exact) mass is 469 g/mol. The number of carbonyl (C=O) groups is 3. The molecule has 4 rings (SSSR count). The van der Waals surface area contributed by atoms with Crippen molar-refractivity contribution < 1.29 is 41.9 Å². The Morgan fingerprint density at radius 3 is 2.60 bits per heavy atom. The number of thiophene rings is 1. The molecule has 2 aliphatic heterocycles. The van der Waals surface area contributed by atoms with Crippen molar-refractivity contribution in [3.63, 3.8) is 0 Å². The van der Waals surface area contributed by atoms with E-state index in [9.17, 15) is 19.5 Å². The number of rotatable bonds is 6. The smallest absolute Gasteiger partial charge is 0.352 e. The quantitative estimate of drug-likeness (QED) is 0.349. The van der Waals surface area contributed by atoms with E-state index >= 15 is 0 Å². The lowest BCUT2D eigenvalue weighted by Gasteiger charge is -2.49. The van der Waals surface area contributed by atoms with Gasteiger partial charge in [0.25, 0.3) is 5.91 Å². The molecule has 0 bridgehead atoms. The fourth-order valence-corrected chi connectivity index (χ4v) is 5.40. The Bertz CT molecular complexity index is 952. The molecule has 1 saturated heterocycles. The van der Waals surface area contributed by atoms with Gasteiger partial charge >= 0.3 is 5.97 Å². The number of nitrogens with one attached hydrogen (secondary N) is 1. The maximum Gasteiger partial charge on any atom is 0.352 e. The van der Waals surface area contributed by atoms with E-state index in [0.717, 1.165) is 4.88 Å². The maximum atomic E-state index is 12.6. The van der Waals surface area contributed by atoms with E-state index in [4.69, 9.17) is 0 Å². The predicted octanol–water partition coefficient (Wildman–Crippen LogP) is -2.80. The van der Waals surface area contributed by atoms with Crippen LogP contribution in [0.5, 0.6) is 0 Å². The lowest BCUT2D eigenvalue weighted by molar-refractivity contribution is -0.689. The third-order valence-electron chi connectivity index (χ3n) is 4.63. The van der Waals surface area contributed by atoms with Gasteiger partial charge in [-0.3, -0.25) is 14.5 Å². The molecule has 4 N–H and O–H groups in total. The number of carboxylic acids is 1. The SMILES string of the molecule is O.O=C(Cc1cccs1)N[C@@H]1C(=O)N2C(C(=O)O)=C(C[n+]3ccccc3)CS[C@H]12.[Cl-]. The highest BCUT2D eigenvalue weighted by Gasteiger charge is 2.54. The Hall–Kier alpha value is -2.40. The molecule has 0 radical (unpaired) electrons. The summed E-state index contributed by atoms with van der Waals surface area (Å²) in [6.45, 7) is 0.404. The van der Waals surface area contributed by atoms with Crippen LogP contribution < -0.4 is 22.3 Å². The van der Waals surface area contributed by atoms with Crippen LogP contribution in [0.3, 0.4) is 0 Å². The zero-order chi connectivity index (χ0) is 19.7. The molecule has 0 aromatic carbocycles. The van der Waals surface area contributed by atoms with Gasteiger partial charge in [-0.1, -0.05) is 12.1 Å². The van der Waals surface area contributed by atoms with Crippen LogP contribution in [0.1, 0.15) is 4.88 Å². The molecule has 0 unspecified atom stereocenters. The zero-order valence-electron chi connectivity index (χ0n) is 15.7. The highest BCUT2D eigenvalue weighted by atomic mass is 35.5. The van der Waals surface area contributed by atoms with Crippen LogP contribution in [0.2, 0.25) is 0 Å². The zero-order valence-corrected chi connectivity index (χ0v) is 18.0. The third kappa shape index (κ3) is 4.67. The molecular formula is C19H20ClN3O5S2. The first kappa shape index (κ1) is 23.9. The predicted molar refractivity (Wildman–Crippen MR) is 108 cm³/mol. The molecule has 0 spiro atoms. The lowest BCUT2D eigenvalue weighted by atomic mass is 10.0. The molecule has 2 aromatic rings. The number of amides is 2. The van der Waals surface area contributed by atoms with Gasteiger partial charge in [0.1, 0.15) is 17.1 Å². The number of hydrogen-bond donors (Lipinski definition) is 2. The van der Waals surface area contributed by atoms with Gasteiger partial charge in [-0.05, 0) is 11.4 Å². The molecule has 2 atom stereocenters. The van der Waals surface area contributed by atoms with Crippen molar-refractivity contribution in [3.8, 4) is 0 Å². The minimum absolute atomic E-state index is 0. The minimum Gasteiger partial charge on any atom is -1.00 e. The number of carbonyl (C=O) groups excluding carboxylic acids is 2. The van der Waals surface area contributed by atoms with E-state index < -0.39 is 12.0 Å². The van der Waals surface area contributed by atoms with Gasteiger partial charge in [0.2, 0.25) is 5.91 Å². The van der Waals surface area contributed by atoms with Gasteiger partial charge in [-0.2, -0.15) is 0 Å². The molecule has 11 heteroatoms. The largest absolute Gasteiger partial charge is 1.00 e. The van der Waals surface area contributed by atoms with Crippen molar-refractivity contribution in [2.45, 2.75) is 24.4 Å². The van der Waals surface area contributed by atoms with Crippen LogP contribution in [0.25, 0.3) is 0 Å². The highest BCUT2D eigenvalue weighted by Crippen LogP contribution is 2.40. The highest BCUT2D eigenvalue weighted by molar-refractivity contribution is 8.00. The fraction of sp³-hybridized carbons (Fsp3) is 0.263. The first-order valence-electron chi connectivity index (χ1n) is 8.70. The van der Waals surface area contributed by atoms with Gasteiger partial charge < -0.3 is 28.3 Å². The van der Waals surface area contributed by atoms with E-state index in [-0.39, 0.29) is 47.2 Å². The molecule has 1 fully saturated rings. The summed E-state index contributed by atoms with van der Waals surface area (Å²) in [6, 6.07) is 8.68. The van der Waals surface area contributed by atoms with Crippen LogP contribution in [0, 0.1) is 0 Å². The Morgan fingerprint density at radius 2 is 1.97 bits per heavy atom. The first-order valence-corrected chi connectivity index (χ1v) is 10.6. The number of β-lactam (4-membered cyclic amide) rings is 1. The van der Waals surface area contributed by atoms with Crippen molar-refractivity contribution in [1.82, 2.24) is 10.2 Å². The summed E-state index contributed by atoms with van der Waals surface area (Å²) in [5.41, 5.74) is 0.718. The molecule has 30 heavy (non-hydrogen) atoms. The fourth-order valence-electron chi connectivity index (χ4n) is 3.36. The average molecular weight is 470 g/mol. The molecule has 8 nitrogen and oxygen atoms in total. The average Bonchev–Trinajstić information content (AvgIpc) is 3.19. The van der Waals surface area contributed by atoms with Crippen LogP contribution in [-0.2, 0) is 27.3 Å². The minimum atomic E-state index is -1.12. The molecule has 0 aliphatic carbocycles. The molecule has 0 saturated carbocycles. The summed E-state index contributed by atoms with van der Waals surface area (Å²) >= 11 is 2.97. The summed E-state index contributed by atoms with van der Waals surface area (Å²) in [4.78, 5) is 39.0. The van der Waals surface area contributed by atoms with E-state index in [1.54, 1.807) is 0 Å². The maximum absolute atomic E-state index is 12.6. The number of hydrogen-bond acceptors (Lipinski definition) is 5. The number of halogens is 1. The third-order valence-corrected chi connectivity index (χ3v) is 6.85. The van der Waals surface area contributed by atoms with Crippen molar-refractivity contribution in [2.24, 2.45) is 0 Å². The standard InChI is InChI=1S/C19H17N3O4S2.ClH.H2O/c23-14(9-13-5-4-8-27-13)20-15-17(24)22-16(19(25)26)12(11-28-18(15)22)10-21-6-2-1-3-7-21;;/h1-8,15,18H,9-11H2,(H-,20,23,25,26);1H;1H2/t15-,18-;;/m1../s1. The number of nitrogens with zero attached hydrogens (tertiary/aromatic N) is 2. The number of aromatic nitrogens is 1. The van der Waals surface area contributed by atoms with Crippen LogP contribution in [0.4, 0.5) is 0 Å². The molecule has 4 heterocycles.